The molecule has 0 unspecified atom stereocenters. The van der Waals surface area contributed by atoms with Crippen molar-refractivity contribution in [2.75, 3.05) is 0 Å². The molecule has 2 heterocycles. The van der Waals surface area contributed by atoms with Crippen LogP contribution < -0.4 is 0 Å². The lowest BCUT2D eigenvalue weighted by Gasteiger charge is -1.91. The van der Waals surface area contributed by atoms with Gasteiger partial charge in [0.2, 0.25) is 0 Å². The molecule has 0 amide bonds. The highest BCUT2D eigenvalue weighted by Gasteiger charge is 2.16. The lowest BCUT2D eigenvalue weighted by atomic mass is 10.5. The van der Waals surface area contributed by atoms with Crippen LogP contribution in [0.1, 0.15) is 0 Å². The van der Waals surface area contributed by atoms with Gasteiger partial charge in [-0.25, -0.2) is 4.79 Å². The van der Waals surface area contributed by atoms with E-state index in [-0.39, 0.29) is 5.97 Å². The third-order valence-corrected chi connectivity index (χ3v) is 2.25. The first-order chi connectivity index (χ1) is 6.74. The van der Waals surface area contributed by atoms with Gasteiger partial charge in [-0.15, -0.1) is 0 Å². The molecular formula is C9H6Br2O3. The molecule has 0 spiro atoms. The fourth-order valence-electron chi connectivity index (χ4n) is 0.662. The predicted octanol–water partition coefficient (Wildman–Crippen LogP) is 3.34. The molecule has 1 aromatic rings. The highest BCUT2D eigenvalue weighted by Crippen LogP contribution is 2.25. The Balaban J connectivity index is 0.000000165. The summed E-state index contributed by atoms with van der Waals surface area (Å²) in [6.45, 7) is 0. The van der Waals surface area contributed by atoms with Crippen molar-refractivity contribution >= 4 is 37.8 Å². The van der Waals surface area contributed by atoms with Crippen LogP contribution in [0.4, 0.5) is 0 Å². The van der Waals surface area contributed by atoms with Crippen molar-refractivity contribution in [3.05, 3.63) is 46.0 Å². The molecular weight excluding hydrogens is 316 g/mol. The summed E-state index contributed by atoms with van der Waals surface area (Å²) in [5, 5.41) is 0. The van der Waals surface area contributed by atoms with Crippen molar-refractivity contribution in [3.63, 3.8) is 0 Å². The van der Waals surface area contributed by atoms with Gasteiger partial charge in [-0.05, 0) is 28.1 Å². The molecule has 2 rings (SSSR count). The van der Waals surface area contributed by atoms with E-state index in [1.165, 1.54) is 6.08 Å². The van der Waals surface area contributed by atoms with E-state index in [9.17, 15) is 4.79 Å². The third-order valence-electron chi connectivity index (χ3n) is 1.21. The first kappa shape index (κ1) is 11.3. The van der Waals surface area contributed by atoms with Gasteiger partial charge in [-0.2, -0.15) is 0 Å². The molecule has 1 aromatic heterocycles. The summed E-state index contributed by atoms with van der Waals surface area (Å²) in [4.78, 5) is 12.0. The minimum Gasteiger partial charge on any atom is -0.473 e. The number of rotatable bonds is 0. The van der Waals surface area contributed by atoms with E-state index in [1.54, 1.807) is 17.5 Å². The largest absolute Gasteiger partial charge is 0.473 e. The molecule has 0 aromatic carbocycles. The third kappa shape index (κ3) is 3.51. The standard InChI is InChI=1S/C5H2Br2O2.C4H4O/c6-2-4-3(7)1-5(8)9-4;1-2-4-5-3-1/h1-2H;1-4H/b4-2-;. The summed E-state index contributed by atoms with van der Waals surface area (Å²) in [5.74, 6) is 0.174. The van der Waals surface area contributed by atoms with Crippen molar-refractivity contribution in [2.45, 2.75) is 0 Å². The molecule has 3 nitrogen and oxygen atoms in total. The van der Waals surface area contributed by atoms with Gasteiger partial charge in [-0.3, -0.25) is 0 Å². The van der Waals surface area contributed by atoms with Crippen LogP contribution in [0.15, 0.2) is 50.4 Å². The van der Waals surface area contributed by atoms with Crippen LogP contribution in [0.3, 0.4) is 0 Å². The molecule has 0 radical (unpaired) electrons. The van der Waals surface area contributed by atoms with Gasteiger partial charge in [0.25, 0.3) is 0 Å². The van der Waals surface area contributed by atoms with Crippen molar-refractivity contribution in [3.8, 4) is 0 Å². The van der Waals surface area contributed by atoms with E-state index in [0.29, 0.717) is 10.2 Å². The predicted molar refractivity (Wildman–Crippen MR) is 58.8 cm³/mol. The Kier molecular flexibility index (Phi) is 4.69. The summed E-state index contributed by atoms with van der Waals surface area (Å²) in [7, 11) is 0. The number of hydrogen-bond donors (Lipinski definition) is 0. The lowest BCUT2D eigenvalue weighted by molar-refractivity contribution is -0.132. The van der Waals surface area contributed by atoms with Gasteiger partial charge >= 0.3 is 5.97 Å². The van der Waals surface area contributed by atoms with Gasteiger partial charge in [0, 0.05) is 11.1 Å². The molecule has 1 aliphatic rings. The molecule has 0 saturated heterocycles. The number of ether oxygens (including phenoxy) is 1. The average Bonchev–Trinajstić information content (AvgIpc) is 2.77. The number of cyclic esters (lactones) is 1. The van der Waals surface area contributed by atoms with Crippen molar-refractivity contribution in [1.29, 1.82) is 0 Å². The van der Waals surface area contributed by atoms with Crippen molar-refractivity contribution < 1.29 is 13.9 Å². The quantitative estimate of drug-likeness (QED) is 0.688. The van der Waals surface area contributed by atoms with Crippen LogP contribution in [-0.4, -0.2) is 5.97 Å². The Morgan fingerprint density at radius 2 is 1.93 bits per heavy atom. The summed E-state index contributed by atoms with van der Waals surface area (Å²) in [6, 6.07) is 3.67. The zero-order valence-corrected chi connectivity index (χ0v) is 10.1. The minimum atomic E-state index is -0.340. The zero-order chi connectivity index (χ0) is 10.4. The SMILES string of the molecule is O=C1C=C(Br)/C(=C/Br)O1.c1ccoc1. The highest BCUT2D eigenvalue weighted by atomic mass is 79.9. The Morgan fingerprint density at radius 3 is 2.14 bits per heavy atom. The van der Waals surface area contributed by atoms with E-state index in [1.807, 2.05) is 12.1 Å². The van der Waals surface area contributed by atoms with Gasteiger partial charge in [0.05, 0.1) is 17.0 Å². The van der Waals surface area contributed by atoms with Gasteiger partial charge < -0.3 is 9.15 Å². The lowest BCUT2D eigenvalue weighted by Crippen LogP contribution is -1.88. The van der Waals surface area contributed by atoms with E-state index in [0.717, 1.165) is 0 Å². The average molecular weight is 322 g/mol. The van der Waals surface area contributed by atoms with Crippen molar-refractivity contribution in [2.24, 2.45) is 0 Å². The molecule has 74 valence electrons. The molecule has 5 heteroatoms. The Labute approximate surface area is 97.7 Å². The number of halogens is 2. The molecule has 0 saturated carbocycles. The van der Waals surface area contributed by atoms with Crippen LogP contribution in [0, 0.1) is 0 Å². The number of hydrogen-bond acceptors (Lipinski definition) is 3. The first-order valence-electron chi connectivity index (χ1n) is 3.61. The van der Waals surface area contributed by atoms with Gasteiger partial charge in [0.15, 0.2) is 5.76 Å². The maximum Gasteiger partial charge on any atom is 0.337 e. The van der Waals surface area contributed by atoms with Gasteiger partial charge in [-0.1, -0.05) is 15.9 Å². The highest BCUT2D eigenvalue weighted by molar-refractivity contribution is 9.12. The summed E-state index contributed by atoms with van der Waals surface area (Å²) in [5.41, 5.74) is 0. The van der Waals surface area contributed by atoms with Crippen LogP contribution in [0.2, 0.25) is 0 Å². The van der Waals surface area contributed by atoms with Crippen LogP contribution in [0.25, 0.3) is 0 Å². The molecule has 14 heavy (non-hydrogen) atoms. The fraction of sp³-hybridized carbons (Fsp3) is 0. The second-order valence-electron chi connectivity index (χ2n) is 2.18. The number of carbonyl (C=O) groups excluding carboxylic acids is 1. The first-order valence-corrected chi connectivity index (χ1v) is 5.32. The van der Waals surface area contributed by atoms with Crippen LogP contribution in [-0.2, 0) is 9.53 Å². The molecule has 0 atom stereocenters. The summed E-state index contributed by atoms with van der Waals surface area (Å²) >= 11 is 6.16. The number of furan rings is 1. The number of esters is 1. The molecule has 0 fully saturated rings. The minimum absolute atomic E-state index is 0.340. The Bertz CT molecular complexity index is 335. The normalized spacial score (nSPS) is 17.1. The molecule has 0 bridgehead atoms. The van der Waals surface area contributed by atoms with E-state index in [4.69, 9.17) is 0 Å². The molecule has 0 N–H and O–H groups in total. The topological polar surface area (TPSA) is 39.4 Å². The second kappa shape index (κ2) is 5.82. The van der Waals surface area contributed by atoms with E-state index < -0.39 is 0 Å². The van der Waals surface area contributed by atoms with Crippen LogP contribution >= 0.6 is 31.9 Å². The smallest absolute Gasteiger partial charge is 0.337 e. The number of carbonyl (C=O) groups is 1. The summed E-state index contributed by atoms with van der Waals surface area (Å²) in [6.07, 6.45) is 4.62. The second-order valence-corrected chi connectivity index (χ2v) is 3.49. The molecule has 1 aliphatic heterocycles. The maximum atomic E-state index is 10.4. The molecule has 0 aliphatic carbocycles. The monoisotopic (exact) mass is 320 g/mol. The fourth-order valence-corrected chi connectivity index (χ4v) is 1.69. The van der Waals surface area contributed by atoms with E-state index in [2.05, 4.69) is 41.0 Å². The Morgan fingerprint density at radius 1 is 1.29 bits per heavy atom. The van der Waals surface area contributed by atoms with Crippen molar-refractivity contribution in [1.82, 2.24) is 0 Å². The number of allylic oxidation sites excluding steroid dienone is 1. The van der Waals surface area contributed by atoms with E-state index >= 15 is 0 Å². The zero-order valence-electron chi connectivity index (χ0n) is 6.94. The maximum absolute atomic E-state index is 10.4. The summed E-state index contributed by atoms with van der Waals surface area (Å²) < 4.78 is 9.91. The van der Waals surface area contributed by atoms with Gasteiger partial charge in [0.1, 0.15) is 0 Å². The Hall–Kier alpha value is -0.810. The van der Waals surface area contributed by atoms with Crippen LogP contribution in [0.5, 0.6) is 0 Å².